The van der Waals surface area contributed by atoms with Gasteiger partial charge in [-0.3, -0.25) is 9.59 Å². The maximum absolute atomic E-state index is 12.7. The summed E-state index contributed by atoms with van der Waals surface area (Å²) in [5.74, 6) is -2.16. The molecule has 0 saturated carbocycles. The Morgan fingerprint density at radius 1 is 0.620 bits per heavy atom. The number of carbonyl (C=O) groups excluding carboxylic acids is 4. The molecule has 0 aliphatic carbocycles. The number of esters is 2. The van der Waals surface area contributed by atoms with E-state index in [-0.39, 0.29) is 11.1 Å². The average molecular weight is 940 g/mol. The van der Waals surface area contributed by atoms with Gasteiger partial charge in [-0.15, -0.1) is 0 Å². The van der Waals surface area contributed by atoms with E-state index < -0.39 is 36.8 Å². The van der Waals surface area contributed by atoms with Gasteiger partial charge in [-0.1, -0.05) is 24.3 Å². The van der Waals surface area contributed by atoms with Crippen LogP contribution in [0.1, 0.15) is 38.8 Å². The number of hydrogen-bond donors (Lipinski definition) is 4. The molecule has 11 nitrogen and oxygen atoms in total. The third-order valence-corrected chi connectivity index (χ3v) is 9.18. The van der Waals surface area contributed by atoms with E-state index in [0.29, 0.717) is 42.6 Å². The zero-order chi connectivity index (χ0) is 36.2. The first-order valence-corrected chi connectivity index (χ1v) is 18.3. The topological polar surface area (TPSA) is 144 Å². The van der Waals surface area contributed by atoms with Crippen molar-refractivity contribution in [3.63, 3.8) is 0 Å². The molecule has 0 aliphatic heterocycles. The lowest BCUT2D eigenvalue weighted by Gasteiger charge is -2.13. The molecular formula is C35H32Br4N4O7. The number of carbonyl (C=O) groups is 4. The van der Waals surface area contributed by atoms with Crippen LogP contribution in [0.5, 0.6) is 11.5 Å². The molecule has 0 spiro atoms. The SMILES string of the molecule is CCNc1cccc(COc2c(Br)cc(C(=O)NCC(=O)OC(=O)CNC(=O)c3cc(Br)c(OCc4cccc(NC)c4)c(Br)c3)cc2Br)c1. The fraction of sp³-hybridized carbons (Fsp3) is 0.200. The number of amides is 2. The Labute approximate surface area is 322 Å². The van der Waals surface area contributed by atoms with E-state index in [1.165, 1.54) is 0 Å². The Morgan fingerprint density at radius 3 is 1.46 bits per heavy atom. The summed E-state index contributed by atoms with van der Waals surface area (Å²) in [5.41, 5.74) is 4.31. The molecule has 50 heavy (non-hydrogen) atoms. The number of anilines is 2. The van der Waals surface area contributed by atoms with Crippen LogP contribution in [0, 0.1) is 0 Å². The van der Waals surface area contributed by atoms with Crippen molar-refractivity contribution in [3.05, 3.63) is 113 Å². The Bertz CT molecular complexity index is 1840. The zero-order valence-electron chi connectivity index (χ0n) is 26.8. The van der Waals surface area contributed by atoms with Crippen molar-refractivity contribution in [1.29, 1.82) is 0 Å². The Hall–Kier alpha value is -3.92. The van der Waals surface area contributed by atoms with Crippen LogP contribution in [-0.4, -0.2) is 50.4 Å². The van der Waals surface area contributed by atoms with E-state index >= 15 is 0 Å². The molecule has 0 aliphatic rings. The van der Waals surface area contributed by atoms with Crippen LogP contribution in [0.25, 0.3) is 0 Å². The van der Waals surface area contributed by atoms with E-state index in [2.05, 4.69) is 85.0 Å². The summed E-state index contributed by atoms with van der Waals surface area (Å²) in [6.07, 6.45) is 0. The normalized spacial score (nSPS) is 10.5. The van der Waals surface area contributed by atoms with E-state index in [1.807, 2.05) is 62.5 Å². The molecule has 0 saturated heterocycles. The number of hydrogen-bond acceptors (Lipinski definition) is 9. The summed E-state index contributed by atoms with van der Waals surface area (Å²) in [7, 11) is 1.83. The fourth-order valence-corrected chi connectivity index (χ4v) is 7.30. The van der Waals surface area contributed by atoms with E-state index in [1.54, 1.807) is 24.3 Å². The summed E-state index contributed by atoms with van der Waals surface area (Å²) in [4.78, 5) is 50.0. The van der Waals surface area contributed by atoms with Crippen LogP contribution >= 0.6 is 63.7 Å². The minimum atomic E-state index is -0.998. The molecule has 0 aromatic heterocycles. The minimum Gasteiger partial charge on any atom is -0.487 e. The summed E-state index contributed by atoms with van der Waals surface area (Å²) >= 11 is 13.7. The van der Waals surface area contributed by atoms with Crippen molar-refractivity contribution in [2.24, 2.45) is 0 Å². The largest absolute Gasteiger partial charge is 0.487 e. The fourth-order valence-electron chi connectivity index (χ4n) is 4.47. The zero-order valence-corrected chi connectivity index (χ0v) is 33.2. The monoisotopic (exact) mass is 936 g/mol. The molecule has 0 bridgehead atoms. The van der Waals surface area contributed by atoms with Crippen molar-refractivity contribution >= 4 is 98.8 Å². The summed E-state index contributed by atoms with van der Waals surface area (Å²) < 4.78 is 18.7. The van der Waals surface area contributed by atoms with Crippen LogP contribution in [0.15, 0.2) is 90.7 Å². The van der Waals surface area contributed by atoms with Gasteiger partial charge in [-0.25, -0.2) is 9.59 Å². The molecule has 0 unspecified atom stereocenters. The molecule has 4 aromatic carbocycles. The van der Waals surface area contributed by atoms with Gasteiger partial charge in [-0.05, 0) is 130 Å². The van der Waals surface area contributed by atoms with Crippen LogP contribution in [0.4, 0.5) is 11.4 Å². The average Bonchev–Trinajstić information content (AvgIpc) is 3.09. The highest BCUT2D eigenvalue weighted by molar-refractivity contribution is 9.11. The van der Waals surface area contributed by atoms with Crippen LogP contribution in [0.2, 0.25) is 0 Å². The highest BCUT2D eigenvalue weighted by atomic mass is 79.9. The lowest BCUT2D eigenvalue weighted by Crippen LogP contribution is -2.35. The molecule has 262 valence electrons. The van der Waals surface area contributed by atoms with Crippen molar-refractivity contribution in [2.75, 3.05) is 37.3 Å². The van der Waals surface area contributed by atoms with Crippen LogP contribution in [-0.2, 0) is 27.5 Å². The maximum atomic E-state index is 12.7. The van der Waals surface area contributed by atoms with Crippen molar-refractivity contribution in [1.82, 2.24) is 10.6 Å². The van der Waals surface area contributed by atoms with Gasteiger partial charge in [0.15, 0.2) is 0 Å². The smallest absolute Gasteiger partial charge is 0.333 e. The van der Waals surface area contributed by atoms with Gasteiger partial charge in [0.2, 0.25) is 0 Å². The Morgan fingerprint density at radius 2 is 1.04 bits per heavy atom. The van der Waals surface area contributed by atoms with Gasteiger partial charge >= 0.3 is 11.9 Å². The number of benzene rings is 4. The number of ether oxygens (including phenoxy) is 3. The molecule has 0 radical (unpaired) electrons. The van der Waals surface area contributed by atoms with Crippen LogP contribution < -0.4 is 30.7 Å². The second-order valence-corrected chi connectivity index (χ2v) is 13.9. The van der Waals surface area contributed by atoms with Crippen molar-refractivity contribution < 1.29 is 33.4 Å². The molecule has 0 atom stereocenters. The van der Waals surface area contributed by atoms with Gasteiger partial charge in [0.05, 0.1) is 17.9 Å². The molecule has 0 fully saturated rings. The van der Waals surface area contributed by atoms with E-state index in [0.717, 1.165) is 29.0 Å². The first-order chi connectivity index (χ1) is 24.0. The first-order valence-electron chi connectivity index (χ1n) is 15.1. The lowest BCUT2D eigenvalue weighted by molar-refractivity contribution is -0.158. The molecule has 4 N–H and O–H groups in total. The van der Waals surface area contributed by atoms with Crippen molar-refractivity contribution in [3.8, 4) is 11.5 Å². The summed E-state index contributed by atoms with van der Waals surface area (Å²) in [5, 5.41) is 11.2. The molecule has 4 rings (SSSR count). The molecule has 0 heterocycles. The van der Waals surface area contributed by atoms with Crippen molar-refractivity contribution in [2.45, 2.75) is 20.1 Å². The highest BCUT2D eigenvalue weighted by Crippen LogP contribution is 2.36. The number of halogens is 4. The van der Waals surface area contributed by atoms with Gasteiger partial charge in [0.1, 0.15) is 37.8 Å². The molecule has 2 amide bonds. The Balaban J connectivity index is 1.22. The number of nitrogens with one attached hydrogen (secondary N) is 4. The third kappa shape index (κ3) is 11.3. The van der Waals surface area contributed by atoms with Gasteiger partial charge in [0.25, 0.3) is 11.8 Å². The quantitative estimate of drug-likeness (QED) is 0.0700. The van der Waals surface area contributed by atoms with Gasteiger partial charge in [0, 0.05) is 36.1 Å². The summed E-state index contributed by atoms with van der Waals surface area (Å²) in [6.45, 7) is 2.26. The van der Waals surface area contributed by atoms with Crippen LogP contribution in [0.3, 0.4) is 0 Å². The maximum Gasteiger partial charge on any atom is 0.333 e. The van der Waals surface area contributed by atoms with Gasteiger partial charge < -0.3 is 35.5 Å². The standard InChI is InChI=1S/C35H32Br4N4O7/c1-3-41-25-9-5-7-21(11-25)19-49-33-28(38)14-23(15-29(33)39)35(47)43-17-31(45)50-30(44)16-42-34(46)22-12-26(36)32(27(37)13-22)48-18-20-6-4-8-24(10-20)40-2/h4-15,40-41H,3,16-19H2,1-2H3,(H,42,46)(H,43,47). The lowest BCUT2D eigenvalue weighted by atomic mass is 10.2. The Kier molecular flexibility index (Phi) is 14.7. The van der Waals surface area contributed by atoms with Gasteiger partial charge in [-0.2, -0.15) is 0 Å². The number of rotatable bonds is 15. The first kappa shape index (κ1) is 38.9. The highest BCUT2D eigenvalue weighted by Gasteiger charge is 2.19. The molecule has 15 heteroatoms. The summed E-state index contributed by atoms with van der Waals surface area (Å²) in [6, 6.07) is 21.8. The minimum absolute atomic E-state index is 0.229. The van der Waals surface area contributed by atoms with E-state index in [9.17, 15) is 19.2 Å². The predicted octanol–water partition coefficient (Wildman–Crippen LogP) is 7.60. The second kappa shape index (κ2) is 18.9. The second-order valence-electron chi connectivity index (χ2n) is 10.5. The molecule has 4 aromatic rings. The predicted molar refractivity (Wildman–Crippen MR) is 205 cm³/mol. The van der Waals surface area contributed by atoms with E-state index in [4.69, 9.17) is 14.2 Å². The molecular weight excluding hydrogens is 908 g/mol. The third-order valence-electron chi connectivity index (χ3n) is 6.83.